The van der Waals surface area contributed by atoms with Crippen LogP contribution in [0.25, 0.3) is 16.8 Å². The number of hydrogen-bond acceptors (Lipinski definition) is 3. The third-order valence-electron chi connectivity index (χ3n) is 3.82. The van der Waals surface area contributed by atoms with Crippen LogP contribution in [-0.4, -0.2) is 14.1 Å². The summed E-state index contributed by atoms with van der Waals surface area (Å²) >= 11 is 0. The van der Waals surface area contributed by atoms with E-state index in [0.717, 1.165) is 22.5 Å². The van der Waals surface area contributed by atoms with E-state index in [4.69, 9.17) is 5.26 Å². The third-order valence-corrected chi connectivity index (χ3v) is 3.82. The van der Waals surface area contributed by atoms with Gasteiger partial charge >= 0.3 is 0 Å². The van der Waals surface area contributed by atoms with Crippen LogP contribution in [0, 0.1) is 18.3 Å². The fourth-order valence-electron chi connectivity index (χ4n) is 2.42. The molecule has 0 bridgehead atoms. The summed E-state index contributed by atoms with van der Waals surface area (Å²) in [5.41, 5.74) is 3.58. The molecule has 0 saturated carbocycles. The minimum absolute atomic E-state index is 0.154. The summed E-state index contributed by atoms with van der Waals surface area (Å²) in [5, 5.41) is 9.10. The molecule has 0 fully saturated rings. The molecule has 0 unspecified atom stereocenters. The van der Waals surface area contributed by atoms with Gasteiger partial charge in [-0.25, -0.2) is 4.98 Å². The summed E-state index contributed by atoms with van der Waals surface area (Å²) in [5.74, 6) is 0. The van der Waals surface area contributed by atoms with E-state index in [1.807, 2.05) is 48.0 Å². The third kappa shape index (κ3) is 2.21. The van der Waals surface area contributed by atoms with Gasteiger partial charge in [0.25, 0.3) is 5.56 Å². The normalized spacial score (nSPS) is 10.4. The number of nitrogens with zero attached hydrogens (tertiary/aromatic N) is 4. The second-order valence-electron chi connectivity index (χ2n) is 5.05. The van der Waals surface area contributed by atoms with Gasteiger partial charge in [0.15, 0.2) is 0 Å². The highest BCUT2D eigenvalue weighted by molar-refractivity contribution is 5.68. The Bertz CT molecular complexity index is 913. The Morgan fingerprint density at radius 1 is 1.23 bits per heavy atom. The average molecular weight is 290 g/mol. The lowest BCUT2D eigenvalue weighted by Gasteiger charge is -2.12. The van der Waals surface area contributed by atoms with Crippen molar-refractivity contribution in [3.63, 3.8) is 0 Å². The van der Waals surface area contributed by atoms with Gasteiger partial charge in [0.1, 0.15) is 11.6 Å². The van der Waals surface area contributed by atoms with E-state index in [0.29, 0.717) is 0 Å². The Kier molecular flexibility index (Phi) is 3.36. The largest absolute Gasteiger partial charge is 0.314 e. The number of hydrogen-bond donors (Lipinski definition) is 0. The summed E-state index contributed by atoms with van der Waals surface area (Å²) in [7, 11) is 1.68. The maximum atomic E-state index is 11.9. The molecule has 1 aromatic carbocycles. The molecule has 0 amide bonds. The molecule has 0 atom stereocenters. The highest BCUT2D eigenvalue weighted by Gasteiger charge is 2.10. The number of pyridine rings is 1. The van der Waals surface area contributed by atoms with Crippen molar-refractivity contribution in [1.82, 2.24) is 14.1 Å². The van der Waals surface area contributed by atoms with Crippen LogP contribution >= 0.6 is 0 Å². The Morgan fingerprint density at radius 3 is 2.55 bits per heavy atom. The summed E-state index contributed by atoms with van der Waals surface area (Å²) in [4.78, 5) is 16.0. The van der Waals surface area contributed by atoms with Crippen LogP contribution < -0.4 is 5.56 Å². The van der Waals surface area contributed by atoms with Gasteiger partial charge in [-0.15, -0.1) is 0 Å². The first-order chi connectivity index (χ1) is 10.6. The van der Waals surface area contributed by atoms with E-state index in [9.17, 15) is 4.79 Å². The number of rotatable bonds is 2. The Balaban J connectivity index is 2.11. The van der Waals surface area contributed by atoms with Crippen LogP contribution in [0.2, 0.25) is 0 Å². The molecule has 3 aromatic rings. The van der Waals surface area contributed by atoms with E-state index in [1.165, 1.54) is 4.57 Å². The molecule has 5 heteroatoms. The van der Waals surface area contributed by atoms with Gasteiger partial charge in [-0.2, -0.15) is 5.26 Å². The van der Waals surface area contributed by atoms with Crippen molar-refractivity contribution in [2.45, 2.75) is 6.92 Å². The van der Waals surface area contributed by atoms with Crippen molar-refractivity contribution in [2.24, 2.45) is 7.05 Å². The van der Waals surface area contributed by atoms with Gasteiger partial charge in [0, 0.05) is 36.4 Å². The summed E-state index contributed by atoms with van der Waals surface area (Å²) in [6.45, 7) is 1.88. The molecule has 2 aromatic heterocycles. The van der Waals surface area contributed by atoms with Gasteiger partial charge in [-0.3, -0.25) is 4.79 Å². The molecular formula is C17H14N4O. The zero-order valence-corrected chi connectivity index (χ0v) is 12.3. The number of aromatic nitrogens is 3. The topological polar surface area (TPSA) is 63.6 Å². The van der Waals surface area contributed by atoms with Crippen LogP contribution in [-0.2, 0) is 7.05 Å². The number of benzene rings is 1. The van der Waals surface area contributed by atoms with Gasteiger partial charge in [-0.1, -0.05) is 12.1 Å². The number of imidazole rings is 1. The highest BCUT2D eigenvalue weighted by Crippen LogP contribution is 2.24. The first kappa shape index (κ1) is 13.8. The zero-order valence-electron chi connectivity index (χ0n) is 12.3. The molecule has 2 heterocycles. The Morgan fingerprint density at radius 2 is 1.95 bits per heavy atom. The predicted octanol–water partition coefficient (Wildman–Crippen LogP) is 2.42. The molecule has 108 valence electrons. The van der Waals surface area contributed by atoms with Crippen LogP contribution in [0.5, 0.6) is 0 Å². The maximum absolute atomic E-state index is 11.9. The molecule has 0 aliphatic rings. The smallest absolute Gasteiger partial charge is 0.268 e. The van der Waals surface area contributed by atoms with E-state index in [2.05, 4.69) is 4.98 Å². The minimum atomic E-state index is -0.265. The number of nitriles is 1. The lowest BCUT2D eigenvalue weighted by Crippen LogP contribution is -2.22. The monoisotopic (exact) mass is 290 g/mol. The molecule has 0 spiro atoms. The first-order valence-electron chi connectivity index (χ1n) is 6.81. The van der Waals surface area contributed by atoms with Crippen molar-refractivity contribution >= 4 is 0 Å². The Hall–Kier alpha value is -3.13. The highest BCUT2D eigenvalue weighted by atomic mass is 16.1. The van der Waals surface area contributed by atoms with Crippen molar-refractivity contribution < 1.29 is 0 Å². The van der Waals surface area contributed by atoms with Crippen molar-refractivity contribution in [3.05, 3.63) is 70.7 Å². The fourth-order valence-corrected chi connectivity index (χ4v) is 2.42. The molecule has 5 nitrogen and oxygen atoms in total. The van der Waals surface area contributed by atoms with E-state index in [1.54, 1.807) is 25.6 Å². The van der Waals surface area contributed by atoms with Crippen LogP contribution in [0.4, 0.5) is 0 Å². The lowest BCUT2D eigenvalue weighted by atomic mass is 10.0. The molecule has 0 radical (unpaired) electrons. The van der Waals surface area contributed by atoms with Crippen molar-refractivity contribution in [1.29, 1.82) is 5.26 Å². The van der Waals surface area contributed by atoms with Crippen molar-refractivity contribution in [2.75, 3.05) is 0 Å². The second kappa shape index (κ2) is 5.34. The minimum Gasteiger partial charge on any atom is -0.314 e. The first-order valence-corrected chi connectivity index (χ1v) is 6.81. The SMILES string of the molecule is Cc1c(-c2ccc(-n3ccnc3)cc2)cc(C#N)c(=O)n1C. The van der Waals surface area contributed by atoms with Crippen molar-refractivity contribution in [3.8, 4) is 22.9 Å². The predicted molar refractivity (Wildman–Crippen MR) is 83.7 cm³/mol. The fraction of sp³-hybridized carbons (Fsp3) is 0.118. The molecule has 0 aliphatic heterocycles. The van der Waals surface area contributed by atoms with E-state index < -0.39 is 0 Å². The van der Waals surface area contributed by atoms with Crippen LogP contribution in [0.1, 0.15) is 11.3 Å². The lowest BCUT2D eigenvalue weighted by molar-refractivity contribution is 0.817. The molecular weight excluding hydrogens is 276 g/mol. The summed E-state index contributed by atoms with van der Waals surface area (Å²) in [6, 6.07) is 11.5. The molecule has 0 aliphatic carbocycles. The maximum Gasteiger partial charge on any atom is 0.268 e. The molecule has 22 heavy (non-hydrogen) atoms. The quantitative estimate of drug-likeness (QED) is 0.728. The molecule has 0 saturated heterocycles. The van der Waals surface area contributed by atoms with Gasteiger partial charge < -0.3 is 9.13 Å². The van der Waals surface area contributed by atoms with E-state index >= 15 is 0 Å². The van der Waals surface area contributed by atoms with Gasteiger partial charge in [0.05, 0.1) is 6.33 Å². The average Bonchev–Trinajstić information content (AvgIpc) is 3.08. The van der Waals surface area contributed by atoms with Gasteiger partial charge in [0.2, 0.25) is 0 Å². The molecule has 3 rings (SSSR count). The second-order valence-corrected chi connectivity index (χ2v) is 5.05. The molecule has 0 N–H and O–H groups in total. The van der Waals surface area contributed by atoms with E-state index in [-0.39, 0.29) is 11.1 Å². The van der Waals surface area contributed by atoms with Crippen LogP contribution in [0.15, 0.2) is 53.8 Å². The van der Waals surface area contributed by atoms with Crippen LogP contribution in [0.3, 0.4) is 0 Å². The standard InChI is InChI=1S/C17H14N4O/c1-12-16(9-14(10-18)17(22)20(12)2)13-3-5-15(6-4-13)21-8-7-19-11-21/h3-9,11H,1-2H3. The summed E-state index contributed by atoms with van der Waals surface area (Å²) in [6.07, 6.45) is 5.34. The van der Waals surface area contributed by atoms with Gasteiger partial charge in [-0.05, 0) is 30.7 Å². The summed E-state index contributed by atoms with van der Waals surface area (Å²) < 4.78 is 3.43. The Labute approximate surface area is 127 Å². The zero-order chi connectivity index (χ0) is 15.7.